The van der Waals surface area contributed by atoms with Crippen LogP contribution in [0, 0.1) is 0 Å². The normalized spacial score (nSPS) is 32.3. The van der Waals surface area contributed by atoms with Gasteiger partial charge in [-0.05, 0) is 31.5 Å². The molecule has 1 saturated heterocycles. The zero-order valence-electron chi connectivity index (χ0n) is 9.85. The van der Waals surface area contributed by atoms with Crippen molar-refractivity contribution in [1.29, 1.82) is 0 Å². The molecule has 1 heterocycles. The lowest BCUT2D eigenvalue weighted by atomic mass is 10.0. The van der Waals surface area contributed by atoms with Crippen LogP contribution in [0.25, 0.3) is 0 Å². The highest BCUT2D eigenvalue weighted by molar-refractivity contribution is 7.92. The summed E-state index contributed by atoms with van der Waals surface area (Å²) in [4.78, 5) is 0. The molecule has 1 aromatic carbocycles. The molecule has 2 rings (SSSR count). The van der Waals surface area contributed by atoms with E-state index in [1.165, 1.54) is 0 Å². The Balaban J connectivity index is 2.34. The maximum atomic E-state index is 12.0. The quantitative estimate of drug-likeness (QED) is 0.853. The predicted octanol–water partition coefficient (Wildman–Crippen LogP) is 2.18. The lowest BCUT2D eigenvalue weighted by molar-refractivity contribution is 0.428. The number of sulfone groups is 1. The third kappa shape index (κ3) is 2.64. The number of halogens is 1. The summed E-state index contributed by atoms with van der Waals surface area (Å²) in [5.41, 5.74) is 0.969. The van der Waals surface area contributed by atoms with Crippen LogP contribution in [0.15, 0.2) is 24.3 Å². The number of benzene rings is 1. The van der Waals surface area contributed by atoms with Crippen LogP contribution in [-0.2, 0) is 9.84 Å². The van der Waals surface area contributed by atoms with Crippen LogP contribution in [0.5, 0.6) is 0 Å². The van der Waals surface area contributed by atoms with Crippen LogP contribution < -0.4 is 5.32 Å². The first-order valence-electron chi connectivity index (χ1n) is 5.63. The Labute approximate surface area is 107 Å². The Kier molecular flexibility index (Phi) is 3.48. The molecule has 3 atom stereocenters. The highest BCUT2D eigenvalue weighted by Crippen LogP contribution is 2.28. The smallest absolute Gasteiger partial charge is 0.156 e. The van der Waals surface area contributed by atoms with E-state index in [1.807, 2.05) is 19.1 Å². The van der Waals surface area contributed by atoms with E-state index in [-0.39, 0.29) is 17.8 Å². The van der Waals surface area contributed by atoms with Crippen LogP contribution in [-0.4, -0.2) is 25.5 Å². The molecule has 94 valence electrons. The van der Waals surface area contributed by atoms with Crippen LogP contribution in [0.4, 0.5) is 0 Å². The van der Waals surface area contributed by atoms with E-state index in [2.05, 4.69) is 5.32 Å². The minimum atomic E-state index is -3.01. The second-order valence-electron chi connectivity index (χ2n) is 4.63. The van der Waals surface area contributed by atoms with Crippen molar-refractivity contribution in [1.82, 2.24) is 5.32 Å². The first-order valence-corrected chi connectivity index (χ1v) is 7.72. The highest BCUT2D eigenvalue weighted by atomic mass is 35.5. The monoisotopic (exact) mass is 273 g/mol. The highest BCUT2D eigenvalue weighted by Gasteiger charge is 2.37. The molecule has 1 aromatic rings. The Morgan fingerprint density at radius 1 is 1.24 bits per heavy atom. The summed E-state index contributed by atoms with van der Waals surface area (Å²) in [6, 6.07) is 7.17. The molecule has 0 amide bonds. The summed E-state index contributed by atoms with van der Waals surface area (Å²) < 4.78 is 24.0. The molecule has 3 unspecified atom stereocenters. The molecule has 1 aliphatic rings. The molecule has 0 bridgehead atoms. The number of hydrogen-bond acceptors (Lipinski definition) is 3. The van der Waals surface area contributed by atoms with Gasteiger partial charge in [0.2, 0.25) is 0 Å². The third-order valence-corrected chi connectivity index (χ3v) is 5.83. The summed E-state index contributed by atoms with van der Waals surface area (Å²) in [5, 5.41) is 3.59. The van der Waals surface area contributed by atoms with E-state index >= 15 is 0 Å². The van der Waals surface area contributed by atoms with Gasteiger partial charge < -0.3 is 5.32 Å². The second kappa shape index (κ2) is 4.59. The minimum Gasteiger partial charge on any atom is -0.305 e. The van der Waals surface area contributed by atoms with Crippen LogP contribution in [0.3, 0.4) is 0 Å². The van der Waals surface area contributed by atoms with Crippen molar-refractivity contribution in [3.63, 3.8) is 0 Å². The van der Waals surface area contributed by atoms with Crippen LogP contribution >= 0.6 is 11.6 Å². The Morgan fingerprint density at radius 3 is 2.41 bits per heavy atom. The first kappa shape index (κ1) is 12.9. The summed E-state index contributed by atoms with van der Waals surface area (Å²) in [6.45, 7) is 3.65. The van der Waals surface area contributed by atoms with E-state index in [9.17, 15) is 8.42 Å². The van der Waals surface area contributed by atoms with Gasteiger partial charge in [-0.1, -0.05) is 23.7 Å². The molecule has 0 aromatic heterocycles. The Morgan fingerprint density at radius 2 is 1.82 bits per heavy atom. The lowest BCUT2D eigenvalue weighted by Crippen LogP contribution is -2.50. The zero-order valence-corrected chi connectivity index (χ0v) is 11.4. The summed E-state index contributed by atoms with van der Waals surface area (Å²) >= 11 is 5.83. The van der Waals surface area contributed by atoms with Gasteiger partial charge in [-0.15, -0.1) is 0 Å². The third-order valence-electron chi connectivity index (χ3n) is 3.21. The molecule has 17 heavy (non-hydrogen) atoms. The van der Waals surface area contributed by atoms with E-state index < -0.39 is 15.1 Å². The van der Waals surface area contributed by atoms with Crippen LogP contribution in [0.2, 0.25) is 5.02 Å². The number of nitrogens with one attached hydrogen (secondary N) is 1. The van der Waals surface area contributed by atoms with Crippen LogP contribution in [0.1, 0.15) is 25.5 Å². The van der Waals surface area contributed by atoms with Gasteiger partial charge in [-0.2, -0.15) is 0 Å². The fourth-order valence-electron chi connectivity index (χ4n) is 2.24. The molecule has 0 radical (unpaired) electrons. The average molecular weight is 274 g/mol. The summed E-state index contributed by atoms with van der Waals surface area (Å²) in [7, 11) is -3.01. The molecular formula is C12H16ClNO2S. The zero-order chi connectivity index (χ0) is 12.6. The van der Waals surface area contributed by atoms with Gasteiger partial charge in [-0.3, -0.25) is 0 Å². The number of rotatable bonds is 1. The van der Waals surface area contributed by atoms with Gasteiger partial charge in [0.15, 0.2) is 9.84 Å². The number of hydrogen-bond donors (Lipinski definition) is 1. The lowest BCUT2D eigenvalue weighted by Gasteiger charge is -2.34. The largest absolute Gasteiger partial charge is 0.305 e. The summed E-state index contributed by atoms with van der Waals surface area (Å²) in [6.07, 6.45) is 0. The van der Waals surface area contributed by atoms with E-state index in [4.69, 9.17) is 11.6 Å². The Hall–Kier alpha value is -0.580. The average Bonchev–Trinajstić information content (AvgIpc) is 2.24. The van der Waals surface area contributed by atoms with Gasteiger partial charge in [0.1, 0.15) is 0 Å². The molecule has 0 spiro atoms. The fourth-order valence-corrected chi connectivity index (χ4v) is 4.11. The molecule has 1 fully saturated rings. The Bertz CT molecular complexity index is 498. The van der Waals surface area contributed by atoms with Crippen molar-refractivity contribution in [2.24, 2.45) is 0 Å². The van der Waals surface area contributed by atoms with Crippen molar-refractivity contribution < 1.29 is 8.42 Å². The summed E-state index contributed by atoms with van der Waals surface area (Å²) in [5.74, 6) is 0.207. The van der Waals surface area contributed by atoms with Gasteiger partial charge in [0.05, 0.1) is 11.0 Å². The van der Waals surface area contributed by atoms with E-state index in [0.717, 1.165) is 5.56 Å². The molecular weight excluding hydrogens is 258 g/mol. The predicted molar refractivity (Wildman–Crippen MR) is 70.0 cm³/mol. The molecule has 1 aliphatic heterocycles. The second-order valence-corrected chi connectivity index (χ2v) is 7.47. The van der Waals surface area contributed by atoms with Gasteiger partial charge in [-0.25, -0.2) is 8.42 Å². The van der Waals surface area contributed by atoms with Crippen molar-refractivity contribution >= 4 is 21.4 Å². The maximum Gasteiger partial charge on any atom is 0.156 e. The fraction of sp³-hybridized carbons (Fsp3) is 0.500. The van der Waals surface area contributed by atoms with Gasteiger partial charge >= 0.3 is 0 Å². The van der Waals surface area contributed by atoms with Crippen molar-refractivity contribution in [3.05, 3.63) is 34.9 Å². The first-order chi connectivity index (χ1) is 7.90. The van der Waals surface area contributed by atoms with Crippen molar-refractivity contribution in [3.8, 4) is 0 Å². The maximum absolute atomic E-state index is 12.0. The van der Waals surface area contributed by atoms with Crippen molar-refractivity contribution in [2.75, 3.05) is 5.75 Å². The topological polar surface area (TPSA) is 46.2 Å². The molecule has 5 heteroatoms. The van der Waals surface area contributed by atoms with Gasteiger partial charge in [0.25, 0.3) is 0 Å². The molecule has 3 nitrogen and oxygen atoms in total. The minimum absolute atomic E-state index is 0.0168. The van der Waals surface area contributed by atoms with E-state index in [0.29, 0.717) is 5.02 Å². The molecule has 0 saturated carbocycles. The van der Waals surface area contributed by atoms with Crippen molar-refractivity contribution in [2.45, 2.75) is 31.2 Å². The van der Waals surface area contributed by atoms with Gasteiger partial charge in [0, 0.05) is 17.1 Å². The molecule has 0 aliphatic carbocycles. The van der Waals surface area contributed by atoms with E-state index in [1.54, 1.807) is 19.1 Å². The SMILES string of the molecule is CC1CS(=O)(=O)C(C)C(c2ccc(Cl)cc2)N1. The molecule has 1 N–H and O–H groups in total. The standard InChI is InChI=1S/C12H16ClNO2S/c1-8-7-17(15,16)9(2)12(14-8)10-3-5-11(13)6-4-10/h3-6,8-9,12,14H,7H2,1-2H3.